The Morgan fingerprint density at radius 1 is 1.04 bits per heavy atom. The number of nitrogens with zero attached hydrogens (tertiary/aromatic N) is 3. The molecule has 0 radical (unpaired) electrons. The topological polar surface area (TPSA) is 68.9 Å². The number of aryl methyl sites for hydroxylation is 1. The van der Waals surface area contributed by atoms with Crippen molar-refractivity contribution < 1.29 is 4.79 Å². The van der Waals surface area contributed by atoms with Crippen molar-refractivity contribution >= 4 is 5.91 Å². The highest BCUT2D eigenvalue weighted by Gasteiger charge is 2.11. The van der Waals surface area contributed by atoms with E-state index >= 15 is 0 Å². The van der Waals surface area contributed by atoms with Crippen LogP contribution in [0.15, 0.2) is 65.5 Å². The molecule has 2 aromatic carbocycles. The number of hydrogen-bond donors (Lipinski definition) is 1. The van der Waals surface area contributed by atoms with Crippen LogP contribution in [-0.4, -0.2) is 26.8 Å². The van der Waals surface area contributed by atoms with Gasteiger partial charge in [-0.1, -0.05) is 60.7 Å². The number of aromatic nitrogens is 3. The zero-order valence-electron chi connectivity index (χ0n) is 15.5. The molecule has 0 unspecified atom stereocenters. The molecule has 27 heavy (non-hydrogen) atoms. The van der Waals surface area contributed by atoms with E-state index in [2.05, 4.69) is 22.5 Å². The zero-order valence-corrected chi connectivity index (χ0v) is 15.5. The summed E-state index contributed by atoms with van der Waals surface area (Å²) in [4.78, 5) is 24.3. The third kappa shape index (κ3) is 4.94. The Bertz CT molecular complexity index is 930. The molecule has 0 atom stereocenters. The molecule has 3 rings (SSSR count). The molecular formula is C21H24N4O2. The minimum Gasteiger partial charge on any atom is -0.354 e. The largest absolute Gasteiger partial charge is 0.354 e. The van der Waals surface area contributed by atoms with E-state index in [4.69, 9.17) is 0 Å². The van der Waals surface area contributed by atoms with Crippen LogP contribution in [-0.2, 0) is 24.8 Å². The van der Waals surface area contributed by atoms with Gasteiger partial charge in [0, 0.05) is 25.6 Å². The summed E-state index contributed by atoms with van der Waals surface area (Å²) in [7, 11) is 1.70. The molecule has 1 heterocycles. The summed E-state index contributed by atoms with van der Waals surface area (Å²) in [6.07, 6.45) is 2.16. The summed E-state index contributed by atoms with van der Waals surface area (Å²) < 4.78 is 2.92. The lowest BCUT2D eigenvalue weighted by atomic mass is 10.1. The van der Waals surface area contributed by atoms with Crippen molar-refractivity contribution in [1.82, 2.24) is 19.7 Å². The number of carbonyl (C=O) groups excluding carboxylic acids is 1. The van der Waals surface area contributed by atoms with Gasteiger partial charge in [-0.3, -0.25) is 9.36 Å². The average Bonchev–Trinajstić information content (AvgIpc) is 2.98. The Morgan fingerprint density at radius 3 is 2.41 bits per heavy atom. The van der Waals surface area contributed by atoms with Gasteiger partial charge in [-0.2, -0.15) is 0 Å². The molecule has 0 bridgehead atoms. The predicted molar refractivity (Wildman–Crippen MR) is 105 cm³/mol. The van der Waals surface area contributed by atoms with Crippen LogP contribution in [0, 0.1) is 0 Å². The SMILES string of the molecule is Cn1c(-c2ccccc2)nn(CCNC(=O)CCCc2ccccc2)c1=O. The van der Waals surface area contributed by atoms with Crippen molar-refractivity contribution in [2.24, 2.45) is 7.05 Å². The maximum Gasteiger partial charge on any atom is 0.345 e. The van der Waals surface area contributed by atoms with Gasteiger partial charge >= 0.3 is 5.69 Å². The van der Waals surface area contributed by atoms with Crippen molar-refractivity contribution in [2.45, 2.75) is 25.8 Å². The van der Waals surface area contributed by atoms with Gasteiger partial charge in [-0.15, -0.1) is 5.10 Å². The van der Waals surface area contributed by atoms with E-state index in [9.17, 15) is 9.59 Å². The summed E-state index contributed by atoms with van der Waals surface area (Å²) in [5.41, 5.74) is 1.94. The van der Waals surface area contributed by atoms with Gasteiger partial charge in [0.25, 0.3) is 0 Å². The molecule has 1 amide bonds. The minimum atomic E-state index is -0.188. The summed E-state index contributed by atoms with van der Waals surface area (Å²) in [5, 5.41) is 7.26. The van der Waals surface area contributed by atoms with Crippen molar-refractivity contribution in [3.05, 3.63) is 76.7 Å². The molecule has 6 heteroatoms. The molecule has 6 nitrogen and oxygen atoms in total. The number of nitrogens with one attached hydrogen (secondary N) is 1. The molecular weight excluding hydrogens is 340 g/mol. The van der Waals surface area contributed by atoms with Gasteiger partial charge < -0.3 is 5.32 Å². The van der Waals surface area contributed by atoms with Crippen LogP contribution in [0.5, 0.6) is 0 Å². The molecule has 1 aromatic heterocycles. The van der Waals surface area contributed by atoms with Crippen LogP contribution in [0.4, 0.5) is 0 Å². The van der Waals surface area contributed by atoms with E-state index in [1.807, 2.05) is 48.5 Å². The third-order valence-electron chi connectivity index (χ3n) is 4.43. The highest BCUT2D eigenvalue weighted by atomic mass is 16.2. The lowest BCUT2D eigenvalue weighted by Crippen LogP contribution is -2.31. The predicted octanol–water partition coefficient (Wildman–Crippen LogP) is 2.39. The summed E-state index contributed by atoms with van der Waals surface area (Å²) in [6.45, 7) is 0.735. The van der Waals surface area contributed by atoms with Crippen LogP contribution < -0.4 is 11.0 Å². The molecule has 0 aliphatic rings. The van der Waals surface area contributed by atoms with Crippen molar-refractivity contribution in [2.75, 3.05) is 6.54 Å². The Hall–Kier alpha value is -3.15. The number of rotatable bonds is 8. The summed E-state index contributed by atoms with van der Waals surface area (Å²) in [6, 6.07) is 19.7. The standard InChI is InChI=1S/C21H24N4O2/c1-24-20(18-12-6-3-7-13-18)23-25(21(24)27)16-15-22-19(26)14-8-11-17-9-4-2-5-10-17/h2-7,9-10,12-13H,8,11,14-16H2,1H3,(H,22,26). The second-order valence-corrected chi connectivity index (χ2v) is 6.44. The van der Waals surface area contributed by atoms with Crippen molar-refractivity contribution in [1.29, 1.82) is 0 Å². The number of hydrogen-bond acceptors (Lipinski definition) is 3. The van der Waals surface area contributed by atoms with Crippen molar-refractivity contribution in [3.63, 3.8) is 0 Å². The number of amides is 1. The highest BCUT2D eigenvalue weighted by Crippen LogP contribution is 2.13. The smallest absolute Gasteiger partial charge is 0.345 e. The van der Waals surface area contributed by atoms with E-state index in [-0.39, 0.29) is 11.6 Å². The Kier molecular flexibility index (Phi) is 6.20. The maximum absolute atomic E-state index is 12.3. The fourth-order valence-corrected chi connectivity index (χ4v) is 2.96. The lowest BCUT2D eigenvalue weighted by molar-refractivity contribution is -0.121. The highest BCUT2D eigenvalue weighted by molar-refractivity contribution is 5.75. The van der Waals surface area contributed by atoms with Crippen LogP contribution in [0.2, 0.25) is 0 Å². The molecule has 3 aromatic rings. The molecule has 0 spiro atoms. The van der Waals surface area contributed by atoms with Gasteiger partial charge in [0.05, 0.1) is 6.54 Å². The molecule has 0 saturated heterocycles. The molecule has 0 aliphatic heterocycles. The fraction of sp³-hybridized carbons (Fsp3) is 0.286. The summed E-state index contributed by atoms with van der Waals surface area (Å²) in [5.74, 6) is 0.619. The maximum atomic E-state index is 12.3. The van der Waals surface area contributed by atoms with E-state index in [1.54, 1.807) is 7.05 Å². The third-order valence-corrected chi connectivity index (χ3v) is 4.43. The van der Waals surface area contributed by atoms with E-state index in [0.717, 1.165) is 18.4 Å². The first-order valence-electron chi connectivity index (χ1n) is 9.15. The first kappa shape index (κ1) is 18.6. The number of benzene rings is 2. The van der Waals surface area contributed by atoms with Crippen LogP contribution in [0.25, 0.3) is 11.4 Å². The normalized spacial score (nSPS) is 10.7. The Labute approximate surface area is 158 Å². The van der Waals surface area contributed by atoms with Crippen molar-refractivity contribution in [3.8, 4) is 11.4 Å². The van der Waals surface area contributed by atoms with Crippen LogP contribution in [0.3, 0.4) is 0 Å². The molecule has 0 aliphatic carbocycles. The molecule has 1 N–H and O–H groups in total. The lowest BCUT2D eigenvalue weighted by Gasteiger charge is -2.05. The molecule has 0 saturated carbocycles. The Morgan fingerprint density at radius 2 is 1.70 bits per heavy atom. The van der Waals surface area contributed by atoms with Crippen LogP contribution in [0.1, 0.15) is 18.4 Å². The van der Waals surface area contributed by atoms with Gasteiger partial charge in [-0.25, -0.2) is 9.48 Å². The summed E-state index contributed by atoms with van der Waals surface area (Å²) >= 11 is 0. The molecule has 0 fully saturated rings. The monoisotopic (exact) mass is 364 g/mol. The second-order valence-electron chi connectivity index (χ2n) is 6.44. The van der Waals surface area contributed by atoms with Gasteiger partial charge in [0.15, 0.2) is 5.82 Å². The zero-order chi connectivity index (χ0) is 19.1. The molecule has 140 valence electrons. The average molecular weight is 364 g/mol. The van der Waals surface area contributed by atoms with E-state index in [0.29, 0.717) is 25.3 Å². The first-order chi connectivity index (χ1) is 13.1. The van der Waals surface area contributed by atoms with E-state index in [1.165, 1.54) is 14.8 Å². The number of carbonyl (C=O) groups is 1. The second kappa shape index (κ2) is 8.98. The fourth-order valence-electron chi connectivity index (χ4n) is 2.96. The van der Waals surface area contributed by atoms with Gasteiger partial charge in [0.2, 0.25) is 5.91 Å². The van der Waals surface area contributed by atoms with E-state index < -0.39 is 0 Å². The minimum absolute atomic E-state index is 0.00167. The van der Waals surface area contributed by atoms with Gasteiger partial charge in [-0.05, 0) is 18.4 Å². The quantitative estimate of drug-likeness (QED) is 0.667. The Balaban J connectivity index is 1.48. The van der Waals surface area contributed by atoms with Gasteiger partial charge in [0.1, 0.15) is 0 Å². The van der Waals surface area contributed by atoms with Crippen LogP contribution >= 0.6 is 0 Å². The first-order valence-corrected chi connectivity index (χ1v) is 9.15.